The first-order chi connectivity index (χ1) is 16.3. The second-order valence-corrected chi connectivity index (χ2v) is 11.9. The highest BCUT2D eigenvalue weighted by Crippen LogP contribution is 2.65. The number of aromatic amines is 1. The molecule has 0 saturated carbocycles. The van der Waals surface area contributed by atoms with Crippen LogP contribution in [0.3, 0.4) is 0 Å². The van der Waals surface area contributed by atoms with E-state index in [0.29, 0.717) is 17.5 Å². The number of piperidine rings is 2. The number of thiazole rings is 1. The van der Waals surface area contributed by atoms with E-state index in [1.54, 1.807) is 11.3 Å². The number of nitrogens with one attached hydrogen (secondary N) is 1. The van der Waals surface area contributed by atoms with Gasteiger partial charge in [-0.05, 0) is 46.5 Å². The normalized spacial score (nSPS) is 33.8. The van der Waals surface area contributed by atoms with Crippen LogP contribution >= 0.6 is 11.3 Å². The van der Waals surface area contributed by atoms with Gasteiger partial charge in [-0.1, -0.05) is 12.1 Å². The molecule has 8 nitrogen and oxygen atoms in total. The number of hydrogen-bond acceptors (Lipinski definition) is 8. The van der Waals surface area contributed by atoms with Gasteiger partial charge in [0.2, 0.25) is 5.95 Å². The van der Waals surface area contributed by atoms with E-state index in [-0.39, 0.29) is 11.1 Å². The number of H-pyrrole nitrogens is 1. The molecule has 0 aliphatic carbocycles. The Morgan fingerprint density at radius 3 is 2.68 bits per heavy atom. The van der Waals surface area contributed by atoms with Gasteiger partial charge in [0.1, 0.15) is 5.69 Å². The van der Waals surface area contributed by atoms with E-state index in [2.05, 4.69) is 75.1 Å². The predicted octanol–water partition coefficient (Wildman–Crippen LogP) is 4.52. The molecule has 3 aliphatic rings. The summed E-state index contributed by atoms with van der Waals surface area (Å²) >= 11 is 1.61. The van der Waals surface area contributed by atoms with Gasteiger partial charge in [-0.2, -0.15) is 5.10 Å². The number of anilines is 1. The Bertz CT molecular complexity index is 1400. The van der Waals surface area contributed by atoms with E-state index in [9.17, 15) is 0 Å². The molecular weight excluding hydrogens is 444 g/mol. The van der Waals surface area contributed by atoms with Crippen molar-refractivity contribution in [3.05, 3.63) is 36.2 Å². The third-order valence-electron chi connectivity index (χ3n) is 8.89. The third-order valence-corrected chi connectivity index (χ3v) is 9.75. The largest absolute Gasteiger partial charge is 0.337 e. The van der Waals surface area contributed by atoms with Crippen LogP contribution in [0.5, 0.6) is 0 Å². The fraction of sp³-hybridized carbons (Fsp3) is 0.480. The van der Waals surface area contributed by atoms with Gasteiger partial charge in [-0.3, -0.25) is 10.00 Å². The lowest BCUT2D eigenvalue weighted by molar-refractivity contribution is 0.125. The van der Waals surface area contributed by atoms with Gasteiger partial charge < -0.3 is 4.90 Å². The van der Waals surface area contributed by atoms with Gasteiger partial charge in [0.25, 0.3) is 0 Å². The maximum Gasteiger partial charge on any atom is 0.245 e. The van der Waals surface area contributed by atoms with E-state index >= 15 is 0 Å². The van der Waals surface area contributed by atoms with Crippen molar-refractivity contribution in [2.75, 3.05) is 11.9 Å². The van der Waals surface area contributed by atoms with Crippen molar-refractivity contribution in [3.63, 3.8) is 0 Å². The van der Waals surface area contributed by atoms with Gasteiger partial charge in [0.05, 0.1) is 28.1 Å². The van der Waals surface area contributed by atoms with Gasteiger partial charge >= 0.3 is 0 Å². The lowest BCUT2D eigenvalue weighted by Crippen LogP contribution is -2.56. The Balaban J connectivity index is 1.19. The Labute approximate surface area is 202 Å². The highest BCUT2D eigenvalue weighted by molar-refractivity contribution is 7.17. The summed E-state index contributed by atoms with van der Waals surface area (Å²) in [4.78, 5) is 14.4. The van der Waals surface area contributed by atoms with Crippen LogP contribution < -0.4 is 4.90 Å². The first-order valence-corrected chi connectivity index (χ1v) is 12.8. The van der Waals surface area contributed by atoms with Crippen LogP contribution in [0.2, 0.25) is 0 Å². The first-order valence-electron chi connectivity index (χ1n) is 11.9. The summed E-state index contributed by atoms with van der Waals surface area (Å²) in [5.74, 6) is 0.695. The average molecular weight is 473 g/mol. The van der Waals surface area contributed by atoms with Crippen LogP contribution in [-0.4, -0.2) is 65.0 Å². The smallest absolute Gasteiger partial charge is 0.245 e. The van der Waals surface area contributed by atoms with Crippen LogP contribution in [0, 0.1) is 0 Å². The molecule has 0 spiro atoms. The van der Waals surface area contributed by atoms with Crippen LogP contribution in [0.4, 0.5) is 5.95 Å². The quantitative estimate of drug-likeness (QED) is 0.437. The maximum absolute atomic E-state index is 4.79. The van der Waals surface area contributed by atoms with E-state index < -0.39 is 0 Å². The second kappa shape index (κ2) is 6.60. The molecule has 7 rings (SSSR count). The number of benzene rings is 1. The molecule has 9 heteroatoms. The fourth-order valence-corrected chi connectivity index (χ4v) is 7.88. The molecule has 3 aromatic heterocycles. The average Bonchev–Trinajstić information content (AvgIpc) is 3.34. The van der Waals surface area contributed by atoms with Crippen molar-refractivity contribution < 1.29 is 0 Å². The summed E-state index contributed by atoms with van der Waals surface area (Å²) in [5.41, 5.74) is 7.39. The molecular formula is C25H28N8S. The number of nitrogens with zero attached hydrogens (tertiary/aromatic N) is 7. The minimum absolute atomic E-state index is 0.0223. The summed E-state index contributed by atoms with van der Waals surface area (Å²) < 4.78 is 1.08. The van der Waals surface area contributed by atoms with E-state index in [4.69, 9.17) is 4.98 Å². The summed E-state index contributed by atoms with van der Waals surface area (Å²) in [6, 6.07) is 4.83. The molecule has 1 aromatic carbocycles. The van der Waals surface area contributed by atoms with Crippen molar-refractivity contribution in [1.29, 1.82) is 0 Å². The molecule has 0 bridgehead atoms. The Hall–Kier alpha value is -2.91. The van der Waals surface area contributed by atoms with Crippen molar-refractivity contribution in [1.82, 2.24) is 35.3 Å². The number of aromatic nitrogens is 6. The van der Waals surface area contributed by atoms with Crippen molar-refractivity contribution >= 4 is 27.5 Å². The van der Waals surface area contributed by atoms with Gasteiger partial charge in [-0.15, -0.1) is 21.5 Å². The molecule has 5 unspecified atom stereocenters. The molecule has 5 atom stereocenters. The van der Waals surface area contributed by atoms with Crippen LogP contribution in [-0.2, 0) is 0 Å². The summed E-state index contributed by atoms with van der Waals surface area (Å²) in [6.45, 7) is 7.26. The lowest BCUT2D eigenvalue weighted by atomic mass is 9.73. The van der Waals surface area contributed by atoms with Gasteiger partial charge in [0, 0.05) is 52.6 Å². The van der Waals surface area contributed by atoms with E-state index in [0.717, 1.165) is 45.4 Å². The fourth-order valence-electron chi connectivity index (χ4n) is 7.05. The maximum atomic E-state index is 4.79. The molecule has 174 valence electrons. The molecule has 3 aliphatic heterocycles. The minimum Gasteiger partial charge on any atom is -0.337 e. The topological polar surface area (TPSA) is 86.5 Å². The molecule has 34 heavy (non-hydrogen) atoms. The molecule has 3 fully saturated rings. The van der Waals surface area contributed by atoms with Crippen LogP contribution in [0.15, 0.2) is 36.2 Å². The van der Waals surface area contributed by atoms with Gasteiger partial charge in [-0.25, -0.2) is 9.97 Å². The zero-order valence-corrected chi connectivity index (χ0v) is 20.7. The zero-order chi connectivity index (χ0) is 23.3. The number of hydrogen-bond donors (Lipinski definition) is 1. The summed E-state index contributed by atoms with van der Waals surface area (Å²) in [5, 5.41) is 16.2. The van der Waals surface area contributed by atoms with Crippen LogP contribution in [0.1, 0.15) is 46.5 Å². The predicted molar refractivity (Wildman–Crippen MR) is 134 cm³/mol. The lowest BCUT2D eigenvalue weighted by Gasteiger charge is -2.49. The standard InChI is InChI=1S/C25H28N8S/c1-23-7-8-25(3)19(33(23)25)9-24(2,13-23)32(4)22-26-12-18(30-31-22)17-6-5-16(15-10-28-29-11-15)20-21(17)34-14-27-20/h5-6,10-12,14,19H,7-9,13H2,1-4H3,(H,28,29). The molecule has 3 saturated heterocycles. The van der Waals surface area contributed by atoms with Crippen molar-refractivity contribution in [3.8, 4) is 22.4 Å². The van der Waals surface area contributed by atoms with E-state index in [1.165, 1.54) is 12.8 Å². The second-order valence-electron chi connectivity index (χ2n) is 11.0. The number of rotatable bonds is 4. The summed E-state index contributed by atoms with van der Waals surface area (Å²) in [6.07, 6.45) is 10.4. The van der Waals surface area contributed by atoms with Crippen molar-refractivity contribution in [2.45, 2.75) is 69.1 Å². The molecule has 6 heterocycles. The molecule has 4 aromatic rings. The highest BCUT2D eigenvalue weighted by atomic mass is 32.1. The molecule has 1 N–H and O–H groups in total. The Morgan fingerprint density at radius 1 is 1.09 bits per heavy atom. The highest BCUT2D eigenvalue weighted by Gasteiger charge is 2.74. The minimum atomic E-state index is 0.0223. The molecule has 0 radical (unpaired) electrons. The van der Waals surface area contributed by atoms with Crippen LogP contribution in [0.25, 0.3) is 32.6 Å². The summed E-state index contributed by atoms with van der Waals surface area (Å²) in [7, 11) is 2.13. The molecule has 0 amide bonds. The monoisotopic (exact) mass is 472 g/mol. The third kappa shape index (κ3) is 2.65. The number of fused-ring (bicyclic) bond motifs is 2. The van der Waals surface area contributed by atoms with E-state index in [1.807, 2.05) is 24.1 Å². The SMILES string of the molecule is CN(c1ncc(-c2ccc(-c3cn[nH]c3)c3ncsc23)nn1)C1(C)CC2N3C(C)(CCC23C)C1. The van der Waals surface area contributed by atoms with Crippen molar-refractivity contribution in [2.24, 2.45) is 0 Å². The van der Waals surface area contributed by atoms with Gasteiger partial charge in [0.15, 0.2) is 0 Å². The zero-order valence-electron chi connectivity index (χ0n) is 19.9. The Morgan fingerprint density at radius 2 is 1.94 bits per heavy atom. The first kappa shape index (κ1) is 20.5. The Kier molecular flexibility index (Phi) is 3.98.